The second kappa shape index (κ2) is 11.5. The van der Waals surface area contributed by atoms with Gasteiger partial charge in [0.05, 0.1) is 19.4 Å². The monoisotopic (exact) mass is 449 g/mol. The van der Waals surface area contributed by atoms with Gasteiger partial charge in [-0.05, 0) is 31.2 Å². The molecular formula is C16H24IN3O2S. The van der Waals surface area contributed by atoms with Crippen LogP contribution in [0.1, 0.15) is 15.5 Å². The summed E-state index contributed by atoms with van der Waals surface area (Å²) in [6, 6.07) is 8.13. The Labute approximate surface area is 158 Å². The number of hydrogen-bond donors (Lipinski definition) is 2. The molecule has 0 bridgehead atoms. The van der Waals surface area contributed by atoms with Gasteiger partial charge in [-0.3, -0.25) is 0 Å². The van der Waals surface area contributed by atoms with Gasteiger partial charge in [-0.2, -0.15) is 0 Å². The fraction of sp³-hybridized carbons (Fsp3) is 0.438. The summed E-state index contributed by atoms with van der Waals surface area (Å²) in [5.41, 5.74) is 0. The Morgan fingerprint density at radius 1 is 1.26 bits per heavy atom. The predicted molar refractivity (Wildman–Crippen MR) is 106 cm³/mol. The summed E-state index contributed by atoms with van der Waals surface area (Å²) in [6.45, 7) is 4.94. The van der Waals surface area contributed by atoms with Crippen molar-refractivity contribution in [3.05, 3.63) is 46.0 Å². The van der Waals surface area contributed by atoms with E-state index in [4.69, 9.17) is 9.15 Å². The van der Waals surface area contributed by atoms with Crippen molar-refractivity contribution in [1.29, 1.82) is 0 Å². The van der Waals surface area contributed by atoms with Gasteiger partial charge in [0.25, 0.3) is 0 Å². The van der Waals surface area contributed by atoms with Crippen LogP contribution in [0.5, 0.6) is 0 Å². The van der Waals surface area contributed by atoms with Crippen molar-refractivity contribution in [1.82, 2.24) is 10.6 Å². The molecule has 2 N–H and O–H groups in total. The maximum Gasteiger partial charge on any atom is 0.191 e. The molecule has 5 nitrogen and oxygen atoms in total. The van der Waals surface area contributed by atoms with E-state index in [0.717, 1.165) is 31.2 Å². The van der Waals surface area contributed by atoms with Crippen molar-refractivity contribution < 1.29 is 9.15 Å². The minimum absolute atomic E-state index is 0. The first-order valence-electron chi connectivity index (χ1n) is 7.37. The van der Waals surface area contributed by atoms with E-state index < -0.39 is 0 Å². The summed E-state index contributed by atoms with van der Waals surface area (Å²) in [6.07, 6.45) is 2.52. The normalized spacial score (nSPS) is 11.1. The Balaban J connectivity index is 0.00000264. The molecule has 2 aromatic rings. The Bertz CT molecular complexity index is 570. The second-order valence-corrected chi connectivity index (χ2v) is 6.23. The lowest BCUT2D eigenvalue weighted by molar-refractivity contribution is 0.203. The number of furan rings is 1. The predicted octanol–water partition coefficient (Wildman–Crippen LogP) is 3.19. The molecular weight excluding hydrogens is 425 g/mol. The molecule has 0 aliphatic rings. The Hall–Kier alpha value is -1.06. The average Bonchev–Trinajstić information content (AvgIpc) is 3.16. The van der Waals surface area contributed by atoms with Crippen molar-refractivity contribution in [2.45, 2.75) is 19.9 Å². The van der Waals surface area contributed by atoms with E-state index in [2.05, 4.69) is 34.7 Å². The highest BCUT2D eigenvalue weighted by Crippen LogP contribution is 2.15. The van der Waals surface area contributed by atoms with E-state index >= 15 is 0 Å². The molecule has 2 rings (SSSR count). The van der Waals surface area contributed by atoms with Crippen LogP contribution in [0.4, 0.5) is 0 Å². The molecule has 7 heteroatoms. The summed E-state index contributed by atoms with van der Waals surface area (Å²) in [7, 11) is 1.69. The maximum absolute atomic E-state index is 5.33. The number of ether oxygens (including phenoxy) is 1. The smallest absolute Gasteiger partial charge is 0.191 e. The first-order valence-corrected chi connectivity index (χ1v) is 8.18. The number of hydrogen-bond acceptors (Lipinski definition) is 4. The molecule has 0 atom stereocenters. The maximum atomic E-state index is 5.33. The number of nitrogens with one attached hydrogen (secondary N) is 2. The number of aliphatic imine (C=N–C) groups is 1. The molecule has 0 saturated heterocycles. The summed E-state index contributed by atoms with van der Waals surface area (Å²) in [5, 5.41) is 6.59. The molecule has 128 valence electrons. The summed E-state index contributed by atoms with van der Waals surface area (Å²) >= 11 is 1.78. The first-order chi connectivity index (χ1) is 10.8. The third-order valence-corrected chi connectivity index (χ3v) is 4.02. The summed E-state index contributed by atoms with van der Waals surface area (Å²) < 4.78 is 10.4. The van der Waals surface area contributed by atoms with Crippen LogP contribution in [0.15, 0.2) is 39.9 Å². The fourth-order valence-corrected chi connectivity index (χ4v) is 2.75. The Morgan fingerprint density at radius 2 is 2.09 bits per heavy atom. The zero-order chi connectivity index (χ0) is 15.6. The highest BCUT2D eigenvalue weighted by Gasteiger charge is 2.01. The van der Waals surface area contributed by atoms with Crippen LogP contribution in [-0.2, 0) is 17.7 Å². The van der Waals surface area contributed by atoms with Crippen molar-refractivity contribution in [3.8, 4) is 0 Å². The zero-order valence-electron chi connectivity index (χ0n) is 13.5. The largest absolute Gasteiger partial charge is 0.469 e. The van der Waals surface area contributed by atoms with E-state index in [9.17, 15) is 0 Å². The molecule has 0 aromatic carbocycles. The standard InChI is InChI=1S/C16H23N3O2S.HI/c1-13-5-6-15(22-13)12-19-16(18-9-11-20-2)17-8-7-14-4-3-10-21-14;/h3-6,10H,7-9,11-12H2,1-2H3,(H2,17,18,19);1H. The Kier molecular flexibility index (Phi) is 9.97. The van der Waals surface area contributed by atoms with Gasteiger partial charge in [0.1, 0.15) is 5.76 Å². The highest BCUT2D eigenvalue weighted by atomic mass is 127. The number of methoxy groups -OCH3 is 1. The molecule has 0 saturated carbocycles. The van der Waals surface area contributed by atoms with Gasteiger partial charge in [0, 0.05) is 36.4 Å². The summed E-state index contributed by atoms with van der Waals surface area (Å²) in [4.78, 5) is 7.19. The molecule has 0 amide bonds. The third kappa shape index (κ3) is 7.85. The minimum atomic E-state index is 0. The number of nitrogens with zero attached hydrogens (tertiary/aromatic N) is 1. The number of aryl methyl sites for hydroxylation is 1. The summed E-state index contributed by atoms with van der Waals surface area (Å²) in [5.74, 6) is 1.77. The first kappa shape index (κ1) is 20.0. The molecule has 0 spiro atoms. The van der Waals surface area contributed by atoms with E-state index in [1.165, 1.54) is 9.75 Å². The van der Waals surface area contributed by atoms with Crippen LogP contribution in [0.25, 0.3) is 0 Å². The van der Waals surface area contributed by atoms with Gasteiger partial charge in [-0.25, -0.2) is 4.99 Å². The topological polar surface area (TPSA) is 58.8 Å². The van der Waals surface area contributed by atoms with Crippen molar-refractivity contribution >= 4 is 41.3 Å². The quantitative estimate of drug-likeness (QED) is 0.281. The molecule has 2 aromatic heterocycles. The second-order valence-electron chi connectivity index (χ2n) is 4.85. The van der Waals surface area contributed by atoms with Crippen LogP contribution >= 0.6 is 35.3 Å². The lowest BCUT2D eigenvalue weighted by Crippen LogP contribution is -2.39. The van der Waals surface area contributed by atoms with Crippen molar-refractivity contribution in [2.24, 2.45) is 4.99 Å². The minimum Gasteiger partial charge on any atom is -0.469 e. The average molecular weight is 449 g/mol. The van der Waals surface area contributed by atoms with E-state index in [1.807, 2.05) is 12.1 Å². The van der Waals surface area contributed by atoms with Gasteiger partial charge < -0.3 is 19.8 Å². The molecule has 0 unspecified atom stereocenters. The van der Waals surface area contributed by atoms with Gasteiger partial charge >= 0.3 is 0 Å². The molecule has 0 aliphatic carbocycles. The Morgan fingerprint density at radius 3 is 2.74 bits per heavy atom. The molecule has 23 heavy (non-hydrogen) atoms. The van der Waals surface area contributed by atoms with Crippen molar-refractivity contribution in [2.75, 3.05) is 26.8 Å². The molecule has 0 fully saturated rings. The fourth-order valence-electron chi connectivity index (χ4n) is 1.93. The number of halogens is 1. The van der Waals surface area contributed by atoms with Gasteiger partial charge in [-0.1, -0.05) is 0 Å². The van der Waals surface area contributed by atoms with Crippen LogP contribution in [-0.4, -0.2) is 32.8 Å². The van der Waals surface area contributed by atoms with Gasteiger partial charge in [-0.15, -0.1) is 35.3 Å². The van der Waals surface area contributed by atoms with Crippen LogP contribution < -0.4 is 10.6 Å². The highest BCUT2D eigenvalue weighted by molar-refractivity contribution is 14.0. The third-order valence-electron chi connectivity index (χ3n) is 3.03. The van der Waals surface area contributed by atoms with Crippen LogP contribution in [0.2, 0.25) is 0 Å². The SMILES string of the molecule is COCCNC(=NCc1ccc(C)s1)NCCc1ccco1.I. The van der Waals surface area contributed by atoms with E-state index in [0.29, 0.717) is 13.2 Å². The van der Waals surface area contributed by atoms with E-state index in [-0.39, 0.29) is 24.0 Å². The number of thiophene rings is 1. The van der Waals surface area contributed by atoms with Crippen LogP contribution in [0, 0.1) is 6.92 Å². The molecule has 0 radical (unpaired) electrons. The number of guanidine groups is 1. The van der Waals surface area contributed by atoms with Crippen molar-refractivity contribution in [3.63, 3.8) is 0 Å². The van der Waals surface area contributed by atoms with E-state index in [1.54, 1.807) is 24.7 Å². The van der Waals surface area contributed by atoms with Gasteiger partial charge in [0.15, 0.2) is 5.96 Å². The zero-order valence-corrected chi connectivity index (χ0v) is 16.6. The molecule has 0 aliphatic heterocycles. The lowest BCUT2D eigenvalue weighted by Gasteiger charge is -2.11. The molecule has 2 heterocycles. The number of rotatable bonds is 8. The van der Waals surface area contributed by atoms with Crippen LogP contribution in [0.3, 0.4) is 0 Å². The van der Waals surface area contributed by atoms with Gasteiger partial charge in [0.2, 0.25) is 0 Å². The lowest BCUT2D eigenvalue weighted by atomic mass is 10.3.